The second kappa shape index (κ2) is 5.09. The smallest absolute Gasteiger partial charge is 0.333 e. The zero-order valence-electron chi connectivity index (χ0n) is 10.9. The summed E-state index contributed by atoms with van der Waals surface area (Å²) in [5.74, 6) is 0.408. The van der Waals surface area contributed by atoms with Crippen molar-refractivity contribution >= 4 is 11.8 Å². The van der Waals surface area contributed by atoms with Crippen LogP contribution in [0.5, 0.6) is 0 Å². The molecular formula is C15H20O3. The molecule has 0 saturated heterocycles. The van der Waals surface area contributed by atoms with Gasteiger partial charge in [-0.05, 0) is 37.5 Å². The predicted molar refractivity (Wildman–Crippen MR) is 68.9 cm³/mol. The number of ketones is 1. The van der Waals surface area contributed by atoms with E-state index in [-0.39, 0.29) is 17.8 Å². The third kappa shape index (κ3) is 2.26. The number of methoxy groups -OCH3 is 1. The van der Waals surface area contributed by atoms with Gasteiger partial charge in [0.15, 0.2) is 0 Å². The van der Waals surface area contributed by atoms with Crippen LogP contribution in [0.15, 0.2) is 24.3 Å². The molecule has 2 rings (SSSR count). The van der Waals surface area contributed by atoms with E-state index < -0.39 is 0 Å². The first-order chi connectivity index (χ1) is 8.54. The molecule has 98 valence electrons. The molecule has 3 heteroatoms. The van der Waals surface area contributed by atoms with Crippen LogP contribution in [0, 0.1) is 17.8 Å². The Morgan fingerprint density at radius 3 is 2.67 bits per heavy atom. The van der Waals surface area contributed by atoms with E-state index in [1.807, 2.05) is 0 Å². The minimum Gasteiger partial charge on any atom is -0.466 e. The second-order valence-electron chi connectivity index (χ2n) is 5.36. The Hall–Kier alpha value is -1.38. The monoisotopic (exact) mass is 248 g/mol. The summed E-state index contributed by atoms with van der Waals surface area (Å²) in [5, 5.41) is 0. The van der Waals surface area contributed by atoms with Gasteiger partial charge < -0.3 is 4.74 Å². The molecule has 0 amide bonds. The Labute approximate surface area is 108 Å². The highest BCUT2D eigenvalue weighted by molar-refractivity contribution is 5.89. The average Bonchev–Trinajstić information content (AvgIpc) is 2.64. The maximum atomic E-state index is 11.9. The molecule has 0 radical (unpaired) electrons. The minimum atomic E-state index is -0.352. The quantitative estimate of drug-likeness (QED) is 0.428. The van der Waals surface area contributed by atoms with Crippen molar-refractivity contribution in [2.45, 2.75) is 32.1 Å². The van der Waals surface area contributed by atoms with E-state index in [9.17, 15) is 9.59 Å². The van der Waals surface area contributed by atoms with Gasteiger partial charge in [-0.2, -0.15) is 0 Å². The van der Waals surface area contributed by atoms with E-state index in [0.717, 1.165) is 25.7 Å². The minimum absolute atomic E-state index is 0.0476. The number of ether oxygens (including phenoxy) is 1. The van der Waals surface area contributed by atoms with E-state index in [4.69, 9.17) is 4.74 Å². The summed E-state index contributed by atoms with van der Waals surface area (Å²) in [4.78, 5) is 23.5. The molecule has 0 aromatic heterocycles. The molecule has 3 atom stereocenters. The van der Waals surface area contributed by atoms with Crippen LogP contribution in [0.2, 0.25) is 0 Å². The van der Waals surface area contributed by atoms with Gasteiger partial charge in [0.25, 0.3) is 0 Å². The number of esters is 1. The van der Waals surface area contributed by atoms with Crippen molar-refractivity contribution in [2.75, 3.05) is 7.11 Å². The van der Waals surface area contributed by atoms with E-state index in [2.05, 4.69) is 13.2 Å². The molecule has 0 aromatic carbocycles. The normalized spacial score (nSPS) is 31.7. The van der Waals surface area contributed by atoms with E-state index in [1.54, 1.807) is 0 Å². The Kier molecular flexibility index (Phi) is 3.69. The number of hydrogen-bond acceptors (Lipinski definition) is 3. The van der Waals surface area contributed by atoms with Crippen LogP contribution >= 0.6 is 0 Å². The van der Waals surface area contributed by atoms with Gasteiger partial charge in [-0.1, -0.05) is 18.7 Å². The number of fused-ring (bicyclic) bond motifs is 1. The number of carbonyl (C=O) groups is 2. The van der Waals surface area contributed by atoms with Crippen LogP contribution in [0.3, 0.4) is 0 Å². The molecule has 18 heavy (non-hydrogen) atoms. The molecule has 2 saturated carbocycles. The molecule has 0 aliphatic heterocycles. The lowest BCUT2D eigenvalue weighted by molar-refractivity contribution is -0.137. The summed E-state index contributed by atoms with van der Waals surface area (Å²) >= 11 is 0. The highest BCUT2D eigenvalue weighted by Gasteiger charge is 2.40. The van der Waals surface area contributed by atoms with E-state index >= 15 is 0 Å². The Morgan fingerprint density at radius 2 is 2.00 bits per heavy atom. The molecule has 0 spiro atoms. The highest BCUT2D eigenvalue weighted by Crippen LogP contribution is 2.44. The standard InChI is InChI=1S/C15H20O3/c1-9-4-5-11(10(2)15(17)18-3)8-13-12(9)6-7-14(13)16/h11-13H,1-2,4-8H2,3H3. The Morgan fingerprint density at radius 1 is 1.28 bits per heavy atom. The SMILES string of the molecule is C=C(C(=O)OC)C1CCC(=C)C2CCC(=O)C2C1. The fraction of sp³-hybridized carbons (Fsp3) is 0.600. The topological polar surface area (TPSA) is 43.4 Å². The molecule has 0 N–H and O–H groups in total. The molecule has 3 unspecified atom stereocenters. The average molecular weight is 248 g/mol. The maximum Gasteiger partial charge on any atom is 0.333 e. The molecular weight excluding hydrogens is 228 g/mol. The zero-order valence-corrected chi connectivity index (χ0v) is 10.9. The van der Waals surface area contributed by atoms with Crippen LogP contribution in [-0.2, 0) is 14.3 Å². The van der Waals surface area contributed by atoms with E-state index in [0.29, 0.717) is 23.7 Å². The fourth-order valence-electron chi connectivity index (χ4n) is 3.28. The van der Waals surface area contributed by atoms with Crippen molar-refractivity contribution in [3.63, 3.8) is 0 Å². The number of hydrogen-bond donors (Lipinski definition) is 0. The molecule has 2 aliphatic carbocycles. The van der Waals surface area contributed by atoms with Crippen LogP contribution in [0.1, 0.15) is 32.1 Å². The molecule has 2 fully saturated rings. The number of Topliss-reactive ketones (excluding diaryl/α,β-unsaturated/α-hetero) is 1. The molecule has 0 bridgehead atoms. The van der Waals surface area contributed by atoms with Gasteiger partial charge in [-0.15, -0.1) is 0 Å². The first-order valence-electron chi connectivity index (χ1n) is 6.52. The van der Waals surface area contributed by atoms with E-state index in [1.165, 1.54) is 12.7 Å². The van der Waals surface area contributed by atoms with Crippen molar-refractivity contribution < 1.29 is 14.3 Å². The summed E-state index contributed by atoms with van der Waals surface area (Å²) in [6.45, 7) is 7.95. The Bertz CT molecular complexity index is 408. The third-order valence-corrected chi connectivity index (χ3v) is 4.42. The summed E-state index contributed by atoms with van der Waals surface area (Å²) in [6, 6.07) is 0. The zero-order chi connectivity index (χ0) is 13.3. The fourth-order valence-corrected chi connectivity index (χ4v) is 3.28. The van der Waals surface area contributed by atoms with Crippen molar-refractivity contribution in [2.24, 2.45) is 17.8 Å². The van der Waals surface area contributed by atoms with Crippen LogP contribution < -0.4 is 0 Å². The molecule has 3 nitrogen and oxygen atoms in total. The first-order valence-corrected chi connectivity index (χ1v) is 6.52. The van der Waals surface area contributed by atoms with Gasteiger partial charge in [0.1, 0.15) is 5.78 Å². The van der Waals surface area contributed by atoms with Gasteiger partial charge in [-0.25, -0.2) is 4.79 Å². The lowest BCUT2D eigenvalue weighted by atomic mass is 9.84. The predicted octanol–water partition coefficient (Wildman–Crippen LogP) is 2.67. The summed E-state index contributed by atoms with van der Waals surface area (Å²) < 4.78 is 4.73. The Balaban J connectivity index is 2.16. The van der Waals surface area contributed by atoms with Crippen LogP contribution in [-0.4, -0.2) is 18.9 Å². The lowest BCUT2D eigenvalue weighted by Gasteiger charge is -2.19. The summed E-state index contributed by atoms with van der Waals surface area (Å²) in [6.07, 6.45) is 4.06. The lowest BCUT2D eigenvalue weighted by Crippen LogP contribution is -2.20. The number of carbonyl (C=O) groups excluding carboxylic acids is 2. The second-order valence-corrected chi connectivity index (χ2v) is 5.36. The van der Waals surface area contributed by atoms with Crippen molar-refractivity contribution in [3.8, 4) is 0 Å². The van der Waals surface area contributed by atoms with Crippen molar-refractivity contribution in [1.82, 2.24) is 0 Å². The van der Waals surface area contributed by atoms with Crippen molar-refractivity contribution in [1.29, 1.82) is 0 Å². The van der Waals surface area contributed by atoms with Gasteiger partial charge in [0.05, 0.1) is 7.11 Å². The number of allylic oxidation sites excluding steroid dienone is 1. The largest absolute Gasteiger partial charge is 0.466 e. The molecule has 0 heterocycles. The molecule has 0 aromatic rings. The van der Waals surface area contributed by atoms with Gasteiger partial charge in [0, 0.05) is 17.9 Å². The van der Waals surface area contributed by atoms with Crippen molar-refractivity contribution in [3.05, 3.63) is 24.3 Å². The molecule has 2 aliphatic rings. The van der Waals surface area contributed by atoms with Gasteiger partial charge in [0.2, 0.25) is 0 Å². The first kappa shape index (κ1) is 13.1. The highest BCUT2D eigenvalue weighted by atomic mass is 16.5. The van der Waals surface area contributed by atoms with Gasteiger partial charge >= 0.3 is 5.97 Å². The number of rotatable bonds is 2. The summed E-state index contributed by atoms with van der Waals surface area (Å²) in [7, 11) is 1.37. The third-order valence-electron chi connectivity index (χ3n) is 4.42. The van der Waals surface area contributed by atoms with Crippen LogP contribution in [0.4, 0.5) is 0 Å². The van der Waals surface area contributed by atoms with Crippen LogP contribution in [0.25, 0.3) is 0 Å². The summed E-state index contributed by atoms with van der Waals surface area (Å²) in [5.41, 5.74) is 1.68. The van der Waals surface area contributed by atoms with Gasteiger partial charge in [-0.3, -0.25) is 4.79 Å². The maximum absolute atomic E-state index is 11.9.